The summed E-state index contributed by atoms with van der Waals surface area (Å²) >= 11 is 0. The molecule has 0 saturated carbocycles. The second kappa shape index (κ2) is 10.1. The Morgan fingerprint density at radius 3 is 2.83 bits per heavy atom. The van der Waals surface area contributed by atoms with Gasteiger partial charge in [0.1, 0.15) is 5.75 Å². The number of nitrogens with one attached hydrogen (secondary N) is 2. The lowest BCUT2D eigenvalue weighted by Gasteiger charge is -2.32. The highest BCUT2D eigenvalue weighted by atomic mass is 16.5. The van der Waals surface area contributed by atoms with Crippen LogP contribution in [0.5, 0.6) is 5.75 Å². The van der Waals surface area contributed by atoms with Crippen LogP contribution in [0, 0.1) is 5.92 Å². The predicted octanol–water partition coefficient (Wildman–Crippen LogP) is 1.66. The van der Waals surface area contributed by atoms with Crippen LogP contribution in [0.1, 0.15) is 29.8 Å². The molecule has 2 amide bonds. The number of likely N-dealkylation sites (tertiary alicyclic amines) is 1. The molecule has 3 rings (SSSR count). The maximum atomic E-state index is 12.6. The predicted molar refractivity (Wildman–Crippen MR) is 107 cm³/mol. The first kappa shape index (κ1) is 20.9. The lowest BCUT2D eigenvalue weighted by Crippen LogP contribution is -2.46. The van der Waals surface area contributed by atoms with E-state index in [0.29, 0.717) is 39.1 Å². The van der Waals surface area contributed by atoms with Crippen molar-refractivity contribution in [3.05, 3.63) is 47.3 Å². The Morgan fingerprint density at radius 1 is 1.31 bits per heavy atom. The summed E-state index contributed by atoms with van der Waals surface area (Å²) in [7, 11) is 3.25. The molecule has 0 radical (unpaired) electrons. The molecule has 0 unspecified atom stereocenters. The zero-order valence-corrected chi connectivity index (χ0v) is 16.9. The van der Waals surface area contributed by atoms with Crippen LogP contribution in [-0.4, -0.2) is 54.2 Å². The SMILES string of the molecule is COCc1cc(CNC(=O)[C@H]2CCC(=O)N(CCc3ccc(OC)cc3)C2)[nH]n1. The van der Waals surface area contributed by atoms with Crippen LogP contribution >= 0.6 is 0 Å². The quantitative estimate of drug-likeness (QED) is 0.667. The summed E-state index contributed by atoms with van der Waals surface area (Å²) in [6, 6.07) is 9.70. The summed E-state index contributed by atoms with van der Waals surface area (Å²) in [5, 5.41) is 9.96. The number of H-pyrrole nitrogens is 1. The van der Waals surface area contributed by atoms with Gasteiger partial charge in [-0.25, -0.2) is 0 Å². The minimum Gasteiger partial charge on any atom is -0.497 e. The molecule has 1 aliphatic heterocycles. The third kappa shape index (κ3) is 5.80. The molecule has 0 aliphatic carbocycles. The van der Waals surface area contributed by atoms with E-state index >= 15 is 0 Å². The van der Waals surface area contributed by atoms with Crippen LogP contribution in [-0.2, 0) is 33.9 Å². The molecule has 1 aliphatic rings. The van der Waals surface area contributed by atoms with E-state index < -0.39 is 0 Å². The Balaban J connectivity index is 1.48. The number of amides is 2. The van der Waals surface area contributed by atoms with Gasteiger partial charge in [-0.3, -0.25) is 14.7 Å². The number of hydrogen-bond acceptors (Lipinski definition) is 5. The lowest BCUT2D eigenvalue weighted by molar-refractivity contribution is -0.138. The van der Waals surface area contributed by atoms with E-state index in [0.717, 1.165) is 29.1 Å². The number of carbonyl (C=O) groups is 2. The van der Waals surface area contributed by atoms with Crippen molar-refractivity contribution in [2.24, 2.45) is 5.92 Å². The van der Waals surface area contributed by atoms with Gasteiger partial charge in [-0.2, -0.15) is 5.10 Å². The molecule has 156 valence electrons. The van der Waals surface area contributed by atoms with Crippen molar-refractivity contribution in [1.29, 1.82) is 0 Å². The molecule has 0 bridgehead atoms. The molecular formula is C21H28N4O4. The summed E-state index contributed by atoms with van der Waals surface area (Å²) in [5.41, 5.74) is 2.76. The number of piperidine rings is 1. The molecule has 2 N–H and O–H groups in total. The molecule has 8 nitrogen and oxygen atoms in total. The summed E-state index contributed by atoms with van der Waals surface area (Å²) < 4.78 is 10.2. The summed E-state index contributed by atoms with van der Waals surface area (Å²) in [5.74, 6) is 0.700. The first-order valence-corrected chi connectivity index (χ1v) is 9.79. The van der Waals surface area contributed by atoms with Crippen LogP contribution in [0.4, 0.5) is 0 Å². The lowest BCUT2D eigenvalue weighted by atomic mass is 9.96. The van der Waals surface area contributed by atoms with Gasteiger partial charge in [0, 0.05) is 26.6 Å². The molecule has 2 aromatic rings. The smallest absolute Gasteiger partial charge is 0.225 e. The van der Waals surface area contributed by atoms with Crippen molar-refractivity contribution in [3.8, 4) is 5.75 Å². The highest BCUT2D eigenvalue weighted by Gasteiger charge is 2.29. The Bertz CT molecular complexity index is 818. The number of nitrogens with zero attached hydrogens (tertiary/aromatic N) is 2. The molecule has 29 heavy (non-hydrogen) atoms. The van der Waals surface area contributed by atoms with E-state index in [-0.39, 0.29) is 17.7 Å². The fourth-order valence-corrected chi connectivity index (χ4v) is 3.45. The van der Waals surface area contributed by atoms with Gasteiger partial charge in [-0.1, -0.05) is 12.1 Å². The molecule has 1 saturated heterocycles. The Labute approximate surface area is 170 Å². The zero-order valence-electron chi connectivity index (χ0n) is 16.9. The van der Waals surface area contributed by atoms with Crippen LogP contribution < -0.4 is 10.1 Å². The molecule has 2 heterocycles. The van der Waals surface area contributed by atoms with E-state index in [1.807, 2.05) is 30.3 Å². The highest BCUT2D eigenvalue weighted by molar-refractivity contribution is 5.83. The monoisotopic (exact) mass is 400 g/mol. The fourth-order valence-electron chi connectivity index (χ4n) is 3.45. The minimum absolute atomic E-state index is 0.0326. The fraction of sp³-hybridized carbons (Fsp3) is 0.476. The molecule has 1 aromatic heterocycles. The minimum atomic E-state index is -0.190. The molecule has 1 fully saturated rings. The van der Waals surface area contributed by atoms with Gasteiger partial charge in [-0.15, -0.1) is 0 Å². The van der Waals surface area contributed by atoms with Gasteiger partial charge in [0.2, 0.25) is 11.8 Å². The van der Waals surface area contributed by atoms with Crippen molar-refractivity contribution in [3.63, 3.8) is 0 Å². The average Bonchev–Trinajstić information content (AvgIpc) is 3.19. The summed E-state index contributed by atoms with van der Waals surface area (Å²) in [6.07, 6.45) is 1.74. The van der Waals surface area contributed by atoms with Gasteiger partial charge in [0.05, 0.1) is 37.6 Å². The standard InChI is InChI=1S/C21H28N4O4/c1-28-14-18-11-17(23-24-18)12-22-21(27)16-5-8-20(26)25(13-16)10-9-15-3-6-19(29-2)7-4-15/h3-4,6-7,11,16H,5,8-10,12-14H2,1-2H3,(H,22,27)(H,23,24)/t16-/m0/s1. The number of rotatable bonds is 9. The number of aromatic nitrogens is 2. The van der Waals surface area contributed by atoms with Crippen molar-refractivity contribution in [2.45, 2.75) is 32.4 Å². The van der Waals surface area contributed by atoms with Crippen LogP contribution in [0.25, 0.3) is 0 Å². The number of hydrogen-bond donors (Lipinski definition) is 2. The van der Waals surface area contributed by atoms with E-state index in [4.69, 9.17) is 9.47 Å². The molecule has 1 atom stereocenters. The number of aromatic amines is 1. The molecular weight excluding hydrogens is 372 g/mol. The number of benzene rings is 1. The van der Waals surface area contributed by atoms with Gasteiger partial charge >= 0.3 is 0 Å². The molecule has 0 spiro atoms. The Kier molecular flexibility index (Phi) is 7.24. The largest absolute Gasteiger partial charge is 0.497 e. The van der Waals surface area contributed by atoms with E-state index in [1.165, 1.54) is 0 Å². The van der Waals surface area contributed by atoms with E-state index in [2.05, 4.69) is 15.5 Å². The third-order valence-corrected chi connectivity index (χ3v) is 5.13. The molecule has 1 aromatic carbocycles. The highest BCUT2D eigenvalue weighted by Crippen LogP contribution is 2.19. The van der Waals surface area contributed by atoms with Crippen molar-refractivity contribution >= 4 is 11.8 Å². The van der Waals surface area contributed by atoms with Crippen molar-refractivity contribution < 1.29 is 19.1 Å². The van der Waals surface area contributed by atoms with Crippen LogP contribution in [0.2, 0.25) is 0 Å². The number of carbonyl (C=O) groups excluding carboxylic acids is 2. The first-order chi connectivity index (χ1) is 14.1. The number of ether oxygens (including phenoxy) is 2. The molecule has 8 heteroatoms. The van der Waals surface area contributed by atoms with Crippen LogP contribution in [0.3, 0.4) is 0 Å². The third-order valence-electron chi connectivity index (χ3n) is 5.13. The second-order valence-electron chi connectivity index (χ2n) is 7.21. The first-order valence-electron chi connectivity index (χ1n) is 9.79. The van der Waals surface area contributed by atoms with Gasteiger partial charge in [0.15, 0.2) is 0 Å². The summed E-state index contributed by atoms with van der Waals surface area (Å²) in [6.45, 7) is 1.87. The maximum Gasteiger partial charge on any atom is 0.225 e. The zero-order chi connectivity index (χ0) is 20.6. The Hall–Kier alpha value is -2.87. The topological polar surface area (TPSA) is 96.5 Å². The van der Waals surface area contributed by atoms with Gasteiger partial charge < -0.3 is 19.7 Å². The second-order valence-corrected chi connectivity index (χ2v) is 7.21. The number of methoxy groups -OCH3 is 2. The van der Waals surface area contributed by atoms with Gasteiger partial charge in [0.25, 0.3) is 0 Å². The van der Waals surface area contributed by atoms with Crippen molar-refractivity contribution in [2.75, 3.05) is 27.3 Å². The van der Waals surface area contributed by atoms with Crippen LogP contribution in [0.15, 0.2) is 30.3 Å². The van der Waals surface area contributed by atoms with E-state index in [1.54, 1.807) is 19.1 Å². The maximum absolute atomic E-state index is 12.6. The Morgan fingerprint density at radius 2 is 2.10 bits per heavy atom. The normalized spacial score (nSPS) is 16.7. The van der Waals surface area contributed by atoms with Gasteiger partial charge in [-0.05, 0) is 36.6 Å². The average molecular weight is 400 g/mol. The van der Waals surface area contributed by atoms with Crippen molar-refractivity contribution in [1.82, 2.24) is 20.4 Å². The summed E-state index contributed by atoms with van der Waals surface area (Å²) in [4.78, 5) is 26.7. The van der Waals surface area contributed by atoms with E-state index in [9.17, 15) is 9.59 Å².